The van der Waals surface area contributed by atoms with Crippen molar-refractivity contribution in [1.82, 2.24) is 4.90 Å². The molecular weight excluding hydrogens is 514 g/mol. The molecule has 0 radical (unpaired) electrons. The Kier molecular flexibility index (Phi) is 6.71. The van der Waals surface area contributed by atoms with Gasteiger partial charge in [0.1, 0.15) is 5.75 Å². The third kappa shape index (κ3) is 4.48. The number of carbonyl (C=O) groups excluding carboxylic acids is 2. The Hall–Kier alpha value is -3.48. The van der Waals surface area contributed by atoms with Crippen LogP contribution < -0.4 is 4.74 Å². The molecule has 0 spiro atoms. The van der Waals surface area contributed by atoms with Crippen molar-refractivity contribution >= 4 is 11.9 Å². The molecular formula is C35H37NO5. The van der Waals surface area contributed by atoms with Crippen molar-refractivity contribution in [1.29, 1.82) is 0 Å². The molecule has 41 heavy (non-hydrogen) atoms. The Morgan fingerprint density at radius 1 is 0.902 bits per heavy atom. The zero-order valence-electron chi connectivity index (χ0n) is 23.3. The normalized spacial score (nSPS) is 30.0. The predicted octanol–water partition coefficient (Wildman–Crippen LogP) is 5.60. The molecule has 2 bridgehead atoms. The Balaban J connectivity index is 1.09. The number of aliphatic hydroxyl groups is 1. The monoisotopic (exact) mass is 551 g/mol. The molecule has 1 unspecified atom stereocenters. The fourth-order valence-corrected chi connectivity index (χ4v) is 7.99. The molecule has 3 atom stereocenters. The standard InChI is InChI=1S/C35H37NO5/c37-32(27-19-29(20-27)40-23-24-9-3-1-4-10-24)36-18-17-34-15-7-8-16-35(34,39)31(36)21-26-13-14-28(22-30(26)34)41-33(38)25-11-5-2-6-12-25/h1-6,9-14,22,27,29,31,39H,7-8,15-21,23H2/t27?,29?,31?,34-,35+/m0/s1. The van der Waals surface area contributed by atoms with Gasteiger partial charge in [-0.3, -0.25) is 4.79 Å². The van der Waals surface area contributed by atoms with E-state index in [1.54, 1.807) is 12.1 Å². The lowest BCUT2D eigenvalue weighted by Crippen LogP contribution is -2.73. The predicted molar refractivity (Wildman–Crippen MR) is 155 cm³/mol. The molecule has 2 saturated carbocycles. The van der Waals surface area contributed by atoms with Crippen molar-refractivity contribution in [3.63, 3.8) is 0 Å². The van der Waals surface area contributed by atoms with Crippen molar-refractivity contribution in [2.24, 2.45) is 5.92 Å². The summed E-state index contributed by atoms with van der Waals surface area (Å²) in [6.45, 7) is 1.21. The topological polar surface area (TPSA) is 76.1 Å². The summed E-state index contributed by atoms with van der Waals surface area (Å²) in [4.78, 5) is 28.6. The highest BCUT2D eigenvalue weighted by Crippen LogP contribution is 2.59. The average Bonchev–Trinajstić information content (AvgIpc) is 2.97. The number of esters is 1. The van der Waals surface area contributed by atoms with E-state index in [-0.39, 0.29) is 29.9 Å². The second-order valence-corrected chi connectivity index (χ2v) is 12.4. The summed E-state index contributed by atoms with van der Waals surface area (Å²) in [5.41, 5.74) is 2.48. The van der Waals surface area contributed by atoms with E-state index < -0.39 is 11.0 Å². The number of hydrogen-bond donors (Lipinski definition) is 1. The fourth-order valence-electron chi connectivity index (χ4n) is 7.99. The van der Waals surface area contributed by atoms with Gasteiger partial charge in [-0.2, -0.15) is 0 Å². The molecule has 1 heterocycles. The van der Waals surface area contributed by atoms with Crippen LogP contribution in [0.25, 0.3) is 0 Å². The minimum atomic E-state index is -0.985. The number of rotatable bonds is 6. The Labute approximate surface area is 241 Å². The van der Waals surface area contributed by atoms with Gasteiger partial charge < -0.3 is 19.5 Å². The van der Waals surface area contributed by atoms with Crippen LogP contribution in [-0.2, 0) is 28.0 Å². The van der Waals surface area contributed by atoms with Crippen LogP contribution in [0.4, 0.5) is 0 Å². The van der Waals surface area contributed by atoms with Gasteiger partial charge in [-0.25, -0.2) is 4.79 Å². The van der Waals surface area contributed by atoms with Crippen molar-refractivity contribution in [3.8, 4) is 5.75 Å². The Morgan fingerprint density at radius 3 is 2.41 bits per heavy atom. The van der Waals surface area contributed by atoms with Gasteiger partial charge in [0.25, 0.3) is 0 Å². The zero-order chi connectivity index (χ0) is 28.0. The lowest BCUT2D eigenvalue weighted by Gasteiger charge is -2.64. The molecule has 7 rings (SSSR count). The molecule has 6 heteroatoms. The maximum absolute atomic E-state index is 13.8. The first-order valence-corrected chi connectivity index (χ1v) is 15.1. The number of ether oxygens (including phenoxy) is 2. The number of carbonyl (C=O) groups is 2. The van der Waals surface area contributed by atoms with Crippen LogP contribution in [0.15, 0.2) is 78.9 Å². The van der Waals surface area contributed by atoms with E-state index >= 15 is 0 Å². The Morgan fingerprint density at radius 2 is 1.63 bits per heavy atom. The summed E-state index contributed by atoms with van der Waals surface area (Å²) in [6.07, 6.45) is 6.48. The molecule has 0 aromatic heterocycles. The molecule has 3 aromatic carbocycles. The molecule has 4 aliphatic rings. The molecule has 3 aliphatic carbocycles. The van der Waals surface area contributed by atoms with Crippen LogP contribution in [0.5, 0.6) is 5.75 Å². The van der Waals surface area contributed by atoms with Crippen molar-refractivity contribution in [3.05, 3.63) is 101 Å². The van der Waals surface area contributed by atoms with Crippen LogP contribution >= 0.6 is 0 Å². The molecule has 6 nitrogen and oxygen atoms in total. The number of nitrogens with zero attached hydrogens (tertiary/aromatic N) is 1. The quantitative estimate of drug-likeness (QED) is 0.319. The van der Waals surface area contributed by atoms with E-state index in [4.69, 9.17) is 9.47 Å². The summed E-state index contributed by atoms with van der Waals surface area (Å²) in [7, 11) is 0. The van der Waals surface area contributed by atoms with Crippen LogP contribution in [-0.4, -0.2) is 46.2 Å². The minimum Gasteiger partial charge on any atom is -0.423 e. The van der Waals surface area contributed by atoms with Crippen molar-refractivity contribution in [2.75, 3.05) is 6.54 Å². The largest absolute Gasteiger partial charge is 0.423 e. The van der Waals surface area contributed by atoms with Gasteiger partial charge in [-0.05, 0) is 79.5 Å². The number of likely N-dealkylation sites (tertiary alicyclic amines) is 1. The molecule has 1 saturated heterocycles. The molecule has 212 valence electrons. The average molecular weight is 552 g/mol. The summed E-state index contributed by atoms with van der Waals surface area (Å²) in [5.74, 6) is 0.242. The van der Waals surface area contributed by atoms with Gasteiger partial charge in [0.05, 0.1) is 29.9 Å². The first-order chi connectivity index (χ1) is 20.0. The van der Waals surface area contributed by atoms with Gasteiger partial charge in [0.2, 0.25) is 5.91 Å². The summed E-state index contributed by atoms with van der Waals surface area (Å²) >= 11 is 0. The fraction of sp³-hybridized carbons (Fsp3) is 0.429. The van der Waals surface area contributed by atoms with Gasteiger partial charge in [-0.15, -0.1) is 0 Å². The molecule has 3 fully saturated rings. The smallest absolute Gasteiger partial charge is 0.343 e. The molecule has 1 amide bonds. The van der Waals surface area contributed by atoms with E-state index in [1.807, 2.05) is 59.5 Å². The van der Waals surface area contributed by atoms with Crippen LogP contribution in [0, 0.1) is 5.92 Å². The maximum Gasteiger partial charge on any atom is 0.343 e. The highest BCUT2D eigenvalue weighted by atomic mass is 16.5. The van der Waals surface area contributed by atoms with E-state index in [1.165, 1.54) is 0 Å². The summed E-state index contributed by atoms with van der Waals surface area (Å²) in [6, 6.07) is 24.8. The number of fused-ring (bicyclic) bond motifs is 1. The Bertz CT molecular complexity index is 1440. The van der Waals surface area contributed by atoms with E-state index in [0.717, 1.165) is 55.2 Å². The number of piperidine rings is 1. The third-order valence-corrected chi connectivity index (χ3v) is 10.2. The summed E-state index contributed by atoms with van der Waals surface area (Å²) < 4.78 is 11.9. The van der Waals surface area contributed by atoms with Gasteiger partial charge >= 0.3 is 5.97 Å². The van der Waals surface area contributed by atoms with E-state index in [2.05, 4.69) is 12.1 Å². The lowest BCUT2D eigenvalue weighted by atomic mass is 9.49. The minimum absolute atomic E-state index is 0.0448. The maximum atomic E-state index is 13.8. The molecule has 1 N–H and O–H groups in total. The van der Waals surface area contributed by atoms with Gasteiger partial charge in [-0.1, -0.05) is 67.4 Å². The first kappa shape index (κ1) is 26.4. The first-order valence-electron chi connectivity index (χ1n) is 15.1. The number of benzene rings is 3. The van der Waals surface area contributed by atoms with Crippen molar-refractivity contribution in [2.45, 2.75) is 81.1 Å². The van der Waals surface area contributed by atoms with Crippen LogP contribution in [0.1, 0.15) is 72.0 Å². The van der Waals surface area contributed by atoms with Crippen molar-refractivity contribution < 1.29 is 24.2 Å². The third-order valence-electron chi connectivity index (χ3n) is 10.2. The lowest BCUT2D eigenvalue weighted by molar-refractivity contribution is -0.185. The van der Waals surface area contributed by atoms with Crippen LogP contribution in [0.3, 0.4) is 0 Å². The number of hydrogen-bond acceptors (Lipinski definition) is 5. The molecule has 3 aromatic rings. The second-order valence-electron chi connectivity index (χ2n) is 12.4. The van der Waals surface area contributed by atoms with Gasteiger partial charge in [0.15, 0.2) is 0 Å². The van der Waals surface area contributed by atoms with E-state index in [9.17, 15) is 14.7 Å². The van der Waals surface area contributed by atoms with Crippen LogP contribution in [0.2, 0.25) is 0 Å². The zero-order valence-corrected chi connectivity index (χ0v) is 23.3. The van der Waals surface area contributed by atoms with Gasteiger partial charge in [0, 0.05) is 17.9 Å². The molecule has 1 aliphatic heterocycles. The highest BCUT2D eigenvalue weighted by Gasteiger charge is 2.64. The highest BCUT2D eigenvalue weighted by molar-refractivity contribution is 5.91. The summed E-state index contributed by atoms with van der Waals surface area (Å²) in [5, 5.41) is 12.5. The number of amides is 1. The second kappa shape index (κ2) is 10.4. The van der Waals surface area contributed by atoms with E-state index in [0.29, 0.717) is 37.3 Å². The SMILES string of the molecule is O=C(Oc1ccc2c(c1)[C@@]13CCCC[C@@]1(O)C(C2)N(C(=O)C1CC(OCc2ccccc2)C1)CC3)c1ccccc1.